The topological polar surface area (TPSA) is 29.5 Å². The van der Waals surface area contributed by atoms with Crippen LogP contribution >= 0.6 is 0 Å². The van der Waals surface area contributed by atoms with E-state index in [0.717, 1.165) is 25.2 Å². The van der Waals surface area contributed by atoms with Crippen molar-refractivity contribution in [3.8, 4) is 0 Å². The summed E-state index contributed by atoms with van der Waals surface area (Å²) in [5.74, 6) is 0.324. The van der Waals surface area contributed by atoms with Crippen molar-refractivity contribution in [2.24, 2.45) is 5.92 Å². The van der Waals surface area contributed by atoms with Gasteiger partial charge >= 0.3 is 5.97 Å². The zero-order valence-electron chi connectivity index (χ0n) is 12.5. The second-order valence-electron chi connectivity index (χ2n) is 5.04. The molecule has 0 aliphatic carbocycles. The number of carbonyl (C=O) groups excluding carboxylic acids is 1. The van der Waals surface area contributed by atoms with Crippen molar-refractivity contribution >= 4 is 11.7 Å². The van der Waals surface area contributed by atoms with Gasteiger partial charge in [0.1, 0.15) is 0 Å². The summed E-state index contributed by atoms with van der Waals surface area (Å²) >= 11 is 0. The third-order valence-electron chi connectivity index (χ3n) is 3.16. The van der Waals surface area contributed by atoms with Crippen molar-refractivity contribution in [3.05, 3.63) is 29.8 Å². The standard InChI is InChI=1S/C16H25NO2/c1-5-17(6-2)15-9-7-14(8-10-15)16(18)19-12-11-13(3)4/h7-10,13H,5-6,11-12H2,1-4H3. The van der Waals surface area contributed by atoms with Crippen molar-refractivity contribution in [1.82, 2.24) is 0 Å². The van der Waals surface area contributed by atoms with E-state index in [1.54, 1.807) is 0 Å². The van der Waals surface area contributed by atoms with Crippen molar-refractivity contribution in [2.45, 2.75) is 34.1 Å². The van der Waals surface area contributed by atoms with E-state index in [0.29, 0.717) is 18.1 Å². The van der Waals surface area contributed by atoms with Crippen molar-refractivity contribution in [2.75, 3.05) is 24.6 Å². The van der Waals surface area contributed by atoms with E-state index in [9.17, 15) is 4.79 Å². The van der Waals surface area contributed by atoms with Gasteiger partial charge < -0.3 is 9.64 Å². The molecule has 0 amide bonds. The Morgan fingerprint density at radius 3 is 2.21 bits per heavy atom. The van der Waals surface area contributed by atoms with Gasteiger partial charge in [0.2, 0.25) is 0 Å². The van der Waals surface area contributed by atoms with Gasteiger partial charge in [0.15, 0.2) is 0 Å². The molecule has 0 aromatic heterocycles. The van der Waals surface area contributed by atoms with Gasteiger partial charge in [0.25, 0.3) is 0 Å². The Kier molecular flexibility index (Phi) is 6.40. The summed E-state index contributed by atoms with van der Waals surface area (Å²) in [6.07, 6.45) is 0.906. The lowest BCUT2D eigenvalue weighted by atomic mass is 10.1. The molecule has 1 aromatic carbocycles. The van der Waals surface area contributed by atoms with E-state index < -0.39 is 0 Å². The molecular weight excluding hydrogens is 238 g/mol. The zero-order valence-corrected chi connectivity index (χ0v) is 12.5. The second kappa shape index (κ2) is 7.82. The minimum absolute atomic E-state index is 0.230. The summed E-state index contributed by atoms with van der Waals surface area (Å²) in [7, 11) is 0. The largest absolute Gasteiger partial charge is 0.462 e. The minimum atomic E-state index is -0.230. The number of hydrogen-bond donors (Lipinski definition) is 0. The predicted molar refractivity (Wildman–Crippen MR) is 79.7 cm³/mol. The molecule has 1 aromatic rings. The van der Waals surface area contributed by atoms with Crippen molar-refractivity contribution in [1.29, 1.82) is 0 Å². The summed E-state index contributed by atoms with van der Waals surface area (Å²) in [4.78, 5) is 14.1. The van der Waals surface area contributed by atoms with Crippen LogP contribution in [0, 0.1) is 5.92 Å². The van der Waals surface area contributed by atoms with Crippen LogP contribution in [0.25, 0.3) is 0 Å². The molecule has 0 radical (unpaired) electrons. The van der Waals surface area contributed by atoms with Crippen LogP contribution in [0.1, 0.15) is 44.5 Å². The molecule has 1 rings (SSSR count). The molecule has 3 heteroatoms. The van der Waals surface area contributed by atoms with E-state index in [-0.39, 0.29) is 5.97 Å². The van der Waals surface area contributed by atoms with Crippen LogP contribution in [0.15, 0.2) is 24.3 Å². The van der Waals surface area contributed by atoms with Crippen LogP contribution in [0.5, 0.6) is 0 Å². The molecule has 0 aliphatic heterocycles. The highest BCUT2D eigenvalue weighted by Crippen LogP contribution is 2.15. The highest BCUT2D eigenvalue weighted by molar-refractivity contribution is 5.89. The Morgan fingerprint density at radius 1 is 1.16 bits per heavy atom. The van der Waals surface area contributed by atoms with Crippen LogP contribution in [0.3, 0.4) is 0 Å². The first kappa shape index (κ1) is 15.5. The number of carbonyl (C=O) groups is 1. The Bertz CT molecular complexity index is 380. The zero-order chi connectivity index (χ0) is 14.3. The summed E-state index contributed by atoms with van der Waals surface area (Å²) < 4.78 is 5.24. The summed E-state index contributed by atoms with van der Waals surface area (Å²) in [6.45, 7) is 10.9. The summed E-state index contributed by atoms with van der Waals surface area (Å²) in [5.41, 5.74) is 1.77. The Hall–Kier alpha value is -1.51. The fraction of sp³-hybridized carbons (Fsp3) is 0.562. The molecule has 106 valence electrons. The van der Waals surface area contributed by atoms with Crippen molar-refractivity contribution in [3.63, 3.8) is 0 Å². The lowest BCUT2D eigenvalue weighted by Gasteiger charge is -2.20. The van der Waals surface area contributed by atoms with Crippen LogP contribution in [-0.4, -0.2) is 25.7 Å². The quantitative estimate of drug-likeness (QED) is 0.702. The molecule has 0 fully saturated rings. The first-order valence-electron chi connectivity index (χ1n) is 7.10. The van der Waals surface area contributed by atoms with Gasteiger partial charge in [0, 0.05) is 18.8 Å². The van der Waals surface area contributed by atoms with Gasteiger partial charge in [-0.05, 0) is 50.5 Å². The maximum atomic E-state index is 11.8. The Labute approximate surface area is 116 Å². The number of esters is 1. The third kappa shape index (κ3) is 4.93. The fourth-order valence-electron chi connectivity index (χ4n) is 1.87. The van der Waals surface area contributed by atoms with E-state index in [2.05, 4.69) is 32.6 Å². The molecule has 19 heavy (non-hydrogen) atoms. The number of rotatable bonds is 7. The smallest absolute Gasteiger partial charge is 0.338 e. The highest BCUT2D eigenvalue weighted by atomic mass is 16.5. The SMILES string of the molecule is CCN(CC)c1ccc(C(=O)OCCC(C)C)cc1. The predicted octanol–water partition coefficient (Wildman–Crippen LogP) is 3.74. The summed E-state index contributed by atoms with van der Waals surface area (Å²) in [6, 6.07) is 7.63. The first-order valence-corrected chi connectivity index (χ1v) is 7.10. The molecule has 0 atom stereocenters. The first-order chi connectivity index (χ1) is 9.08. The van der Waals surface area contributed by atoms with Gasteiger partial charge in [-0.2, -0.15) is 0 Å². The number of nitrogens with zero attached hydrogens (tertiary/aromatic N) is 1. The average molecular weight is 263 g/mol. The van der Waals surface area contributed by atoms with Gasteiger partial charge in [0.05, 0.1) is 12.2 Å². The van der Waals surface area contributed by atoms with Crippen LogP contribution in [0.2, 0.25) is 0 Å². The van der Waals surface area contributed by atoms with E-state index in [1.807, 2.05) is 24.3 Å². The van der Waals surface area contributed by atoms with Crippen LogP contribution in [0.4, 0.5) is 5.69 Å². The van der Waals surface area contributed by atoms with E-state index in [1.165, 1.54) is 0 Å². The lowest BCUT2D eigenvalue weighted by molar-refractivity contribution is 0.0488. The number of anilines is 1. The van der Waals surface area contributed by atoms with Crippen LogP contribution in [-0.2, 0) is 4.74 Å². The van der Waals surface area contributed by atoms with E-state index in [4.69, 9.17) is 4.74 Å². The van der Waals surface area contributed by atoms with Gasteiger partial charge in [-0.3, -0.25) is 0 Å². The summed E-state index contributed by atoms with van der Waals surface area (Å²) in [5, 5.41) is 0. The number of hydrogen-bond acceptors (Lipinski definition) is 3. The molecule has 0 unspecified atom stereocenters. The number of benzene rings is 1. The molecule has 0 N–H and O–H groups in total. The van der Waals surface area contributed by atoms with Crippen LogP contribution < -0.4 is 4.90 Å². The van der Waals surface area contributed by atoms with E-state index >= 15 is 0 Å². The van der Waals surface area contributed by atoms with Gasteiger partial charge in [-0.15, -0.1) is 0 Å². The highest BCUT2D eigenvalue weighted by Gasteiger charge is 2.08. The minimum Gasteiger partial charge on any atom is -0.462 e. The molecule has 0 saturated heterocycles. The normalized spacial score (nSPS) is 10.6. The second-order valence-corrected chi connectivity index (χ2v) is 5.04. The molecule has 0 saturated carbocycles. The maximum Gasteiger partial charge on any atom is 0.338 e. The lowest BCUT2D eigenvalue weighted by Crippen LogP contribution is -2.21. The molecular formula is C16H25NO2. The molecule has 0 spiro atoms. The number of ether oxygens (including phenoxy) is 1. The Morgan fingerprint density at radius 2 is 1.74 bits per heavy atom. The van der Waals surface area contributed by atoms with Crippen molar-refractivity contribution < 1.29 is 9.53 Å². The fourth-order valence-corrected chi connectivity index (χ4v) is 1.87. The molecule has 0 heterocycles. The Balaban J connectivity index is 2.58. The average Bonchev–Trinajstić information content (AvgIpc) is 2.40. The molecule has 0 aliphatic rings. The third-order valence-corrected chi connectivity index (χ3v) is 3.16. The molecule has 0 bridgehead atoms. The molecule has 3 nitrogen and oxygen atoms in total. The van der Waals surface area contributed by atoms with Gasteiger partial charge in [-0.1, -0.05) is 13.8 Å². The monoisotopic (exact) mass is 263 g/mol. The maximum absolute atomic E-state index is 11.8. The van der Waals surface area contributed by atoms with Gasteiger partial charge in [-0.25, -0.2) is 4.79 Å².